The molecule has 6 heteroatoms. The van der Waals surface area contributed by atoms with Gasteiger partial charge >= 0.3 is 0 Å². The third-order valence-corrected chi connectivity index (χ3v) is 3.68. The molecule has 0 radical (unpaired) electrons. The molecule has 0 aromatic carbocycles. The number of hydrogen-bond donors (Lipinski definition) is 0. The fourth-order valence-corrected chi connectivity index (χ4v) is 2.80. The molecule has 1 fully saturated rings. The van der Waals surface area contributed by atoms with Gasteiger partial charge in [0, 0.05) is 24.2 Å². The molecule has 1 saturated heterocycles. The summed E-state index contributed by atoms with van der Waals surface area (Å²) in [4.78, 5) is 18.1. The highest BCUT2D eigenvalue weighted by Gasteiger charge is 2.24. The first-order valence-corrected chi connectivity index (χ1v) is 7.30. The first kappa shape index (κ1) is 14.6. The van der Waals surface area contributed by atoms with Crippen molar-refractivity contribution in [3.05, 3.63) is 36.3 Å². The van der Waals surface area contributed by atoms with Gasteiger partial charge < -0.3 is 9.64 Å². The van der Waals surface area contributed by atoms with Gasteiger partial charge in [-0.1, -0.05) is 0 Å². The van der Waals surface area contributed by atoms with E-state index < -0.39 is 0 Å². The molecule has 0 N–H and O–H groups in total. The number of anilines is 1. The van der Waals surface area contributed by atoms with Crippen molar-refractivity contribution in [2.75, 3.05) is 18.0 Å². The number of hydrogen-bond acceptors (Lipinski definition) is 6. The van der Waals surface area contributed by atoms with Gasteiger partial charge in [-0.05, 0) is 26.0 Å². The maximum absolute atomic E-state index is 11.5. The van der Waals surface area contributed by atoms with Crippen LogP contribution in [0.1, 0.15) is 24.2 Å². The number of aromatic nitrogens is 3. The molecule has 3 heterocycles. The van der Waals surface area contributed by atoms with Crippen LogP contribution in [0.15, 0.2) is 30.7 Å². The average molecular weight is 298 g/mol. The lowest BCUT2D eigenvalue weighted by Gasteiger charge is -2.37. The van der Waals surface area contributed by atoms with Crippen LogP contribution in [-0.2, 0) is 4.74 Å². The van der Waals surface area contributed by atoms with Crippen molar-refractivity contribution < 1.29 is 9.53 Å². The van der Waals surface area contributed by atoms with Crippen molar-refractivity contribution >= 4 is 12.0 Å². The Morgan fingerprint density at radius 3 is 2.64 bits per heavy atom. The van der Waals surface area contributed by atoms with Crippen LogP contribution in [-0.4, -0.2) is 46.8 Å². The summed E-state index contributed by atoms with van der Waals surface area (Å²) in [6.07, 6.45) is 6.14. The second kappa shape index (κ2) is 6.19. The van der Waals surface area contributed by atoms with E-state index in [4.69, 9.17) is 4.74 Å². The van der Waals surface area contributed by atoms with Crippen molar-refractivity contribution in [1.29, 1.82) is 0 Å². The lowest BCUT2D eigenvalue weighted by Crippen LogP contribution is -2.45. The highest BCUT2D eigenvalue weighted by molar-refractivity contribution is 5.86. The van der Waals surface area contributed by atoms with E-state index in [1.807, 2.05) is 19.9 Å². The van der Waals surface area contributed by atoms with Crippen molar-refractivity contribution in [2.24, 2.45) is 0 Å². The smallest absolute Gasteiger partial charge is 0.152 e. The third-order valence-electron chi connectivity index (χ3n) is 3.68. The first-order chi connectivity index (χ1) is 10.7. The van der Waals surface area contributed by atoms with Crippen LogP contribution >= 0.6 is 0 Å². The van der Waals surface area contributed by atoms with E-state index in [0.717, 1.165) is 36.3 Å². The summed E-state index contributed by atoms with van der Waals surface area (Å²) in [6.45, 7) is 5.58. The fraction of sp³-hybridized carbons (Fsp3) is 0.375. The van der Waals surface area contributed by atoms with Crippen LogP contribution in [0.4, 0.5) is 5.69 Å². The zero-order valence-corrected chi connectivity index (χ0v) is 12.6. The predicted octanol–water partition coefficient (Wildman–Crippen LogP) is 1.96. The second-order valence-electron chi connectivity index (χ2n) is 5.54. The van der Waals surface area contributed by atoms with Gasteiger partial charge in [-0.15, -0.1) is 0 Å². The van der Waals surface area contributed by atoms with Crippen LogP contribution in [0, 0.1) is 0 Å². The Balaban J connectivity index is 1.94. The maximum Gasteiger partial charge on any atom is 0.152 e. The Kier molecular flexibility index (Phi) is 4.11. The highest BCUT2D eigenvalue weighted by atomic mass is 16.5. The minimum atomic E-state index is 0.132. The van der Waals surface area contributed by atoms with E-state index >= 15 is 0 Å². The number of carbonyl (C=O) groups is 1. The number of pyridine rings is 1. The molecule has 0 saturated carbocycles. The van der Waals surface area contributed by atoms with E-state index in [1.165, 1.54) is 0 Å². The van der Waals surface area contributed by atoms with E-state index in [9.17, 15) is 4.79 Å². The Hall–Kier alpha value is -2.34. The predicted molar refractivity (Wildman–Crippen MR) is 82.9 cm³/mol. The van der Waals surface area contributed by atoms with Crippen molar-refractivity contribution in [1.82, 2.24) is 15.2 Å². The molecular weight excluding hydrogens is 280 g/mol. The van der Waals surface area contributed by atoms with E-state index in [1.54, 1.807) is 24.7 Å². The number of morpholine rings is 1. The van der Waals surface area contributed by atoms with Crippen molar-refractivity contribution in [3.63, 3.8) is 0 Å². The normalized spacial score (nSPS) is 21.6. The van der Waals surface area contributed by atoms with Crippen molar-refractivity contribution in [2.45, 2.75) is 26.1 Å². The van der Waals surface area contributed by atoms with Gasteiger partial charge in [0.15, 0.2) is 6.29 Å². The minimum Gasteiger partial charge on any atom is -0.372 e. The summed E-state index contributed by atoms with van der Waals surface area (Å²) in [5, 5.41) is 7.60. The van der Waals surface area contributed by atoms with Crippen molar-refractivity contribution in [3.8, 4) is 11.3 Å². The lowest BCUT2D eigenvalue weighted by molar-refractivity contribution is -0.00527. The number of aldehydes is 1. The summed E-state index contributed by atoms with van der Waals surface area (Å²) < 4.78 is 5.74. The maximum atomic E-state index is 11.5. The van der Waals surface area contributed by atoms with Gasteiger partial charge in [0.25, 0.3) is 0 Å². The summed E-state index contributed by atoms with van der Waals surface area (Å²) in [7, 11) is 0. The quantitative estimate of drug-likeness (QED) is 0.807. The Morgan fingerprint density at radius 1 is 1.23 bits per heavy atom. The van der Waals surface area contributed by atoms with Gasteiger partial charge in [-0.25, -0.2) is 0 Å². The SMILES string of the molecule is C[C@@H]1CN(c2cnc(-c3ccnnc3)cc2C=O)C[C@H](C)O1. The Morgan fingerprint density at radius 2 is 2.00 bits per heavy atom. The summed E-state index contributed by atoms with van der Waals surface area (Å²) in [5.74, 6) is 0. The average Bonchev–Trinajstić information content (AvgIpc) is 2.54. The molecular formula is C16H18N4O2. The van der Waals surface area contributed by atoms with Gasteiger partial charge in [0.1, 0.15) is 0 Å². The molecule has 2 aromatic rings. The first-order valence-electron chi connectivity index (χ1n) is 7.30. The summed E-state index contributed by atoms with van der Waals surface area (Å²) in [6, 6.07) is 3.62. The molecule has 0 bridgehead atoms. The van der Waals surface area contributed by atoms with E-state index in [2.05, 4.69) is 20.1 Å². The molecule has 2 aromatic heterocycles. The molecule has 0 aliphatic carbocycles. The lowest BCUT2D eigenvalue weighted by atomic mass is 10.1. The number of nitrogens with zero attached hydrogens (tertiary/aromatic N) is 4. The molecule has 114 valence electrons. The van der Waals surface area contributed by atoms with Gasteiger partial charge in [0.05, 0.1) is 42.2 Å². The van der Waals surface area contributed by atoms with Gasteiger partial charge in [-0.3, -0.25) is 9.78 Å². The van der Waals surface area contributed by atoms with Crippen LogP contribution in [0.3, 0.4) is 0 Å². The Labute approximate surface area is 129 Å². The largest absolute Gasteiger partial charge is 0.372 e. The molecule has 1 aliphatic heterocycles. The van der Waals surface area contributed by atoms with Crippen LogP contribution in [0.25, 0.3) is 11.3 Å². The van der Waals surface area contributed by atoms with Gasteiger partial charge in [-0.2, -0.15) is 10.2 Å². The summed E-state index contributed by atoms with van der Waals surface area (Å²) >= 11 is 0. The van der Waals surface area contributed by atoms with Crippen LogP contribution < -0.4 is 4.90 Å². The molecule has 3 rings (SSSR count). The van der Waals surface area contributed by atoms with E-state index in [0.29, 0.717) is 5.56 Å². The molecule has 1 aliphatic rings. The number of rotatable bonds is 3. The molecule has 2 atom stereocenters. The highest BCUT2D eigenvalue weighted by Crippen LogP contribution is 2.26. The molecule has 6 nitrogen and oxygen atoms in total. The minimum absolute atomic E-state index is 0.132. The molecule has 22 heavy (non-hydrogen) atoms. The van der Waals surface area contributed by atoms with Crippen LogP contribution in [0.5, 0.6) is 0 Å². The molecule has 0 amide bonds. The monoisotopic (exact) mass is 298 g/mol. The number of ether oxygens (including phenoxy) is 1. The van der Waals surface area contributed by atoms with E-state index in [-0.39, 0.29) is 12.2 Å². The van der Waals surface area contributed by atoms with Gasteiger partial charge in [0.2, 0.25) is 0 Å². The fourth-order valence-electron chi connectivity index (χ4n) is 2.80. The third kappa shape index (κ3) is 2.96. The standard InChI is InChI=1S/C16H18N4O2/c1-11-8-20(9-12(2)22-11)16-7-17-15(5-14(16)10-21)13-3-4-18-19-6-13/h3-7,10-12H,8-9H2,1-2H3/t11-,12+. The summed E-state index contributed by atoms with van der Waals surface area (Å²) in [5.41, 5.74) is 3.04. The zero-order chi connectivity index (χ0) is 15.5. The Bertz CT molecular complexity index is 652. The molecule has 0 spiro atoms. The second-order valence-corrected chi connectivity index (χ2v) is 5.54. The molecule has 0 unspecified atom stereocenters. The zero-order valence-electron chi connectivity index (χ0n) is 12.6. The topological polar surface area (TPSA) is 68.2 Å². The van der Waals surface area contributed by atoms with Crippen LogP contribution in [0.2, 0.25) is 0 Å². The number of carbonyl (C=O) groups excluding carboxylic acids is 1.